The summed E-state index contributed by atoms with van der Waals surface area (Å²) in [5.74, 6) is 0.00805. The van der Waals surface area contributed by atoms with Gasteiger partial charge < -0.3 is 10.6 Å². The van der Waals surface area contributed by atoms with Crippen LogP contribution in [0.15, 0.2) is 0 Å². The lowest BCUT2D eigenvalue weighted by Crippen LogP contribution is -2.54. The predicted molar refractivity (Wildman–Crippen MR) is 102 cm³/mol. The summed E-state index contributed by atoms with van der Waals surface area (Å²) in [5.41, 5.74) is -0.648. The minimum absolute atomic E-state index is 0.0532. The summed E-state index contributed by atoms with van der Waals surface area (Å²) in [6, 6.07) is -0.0529. The second-order valence-electron chi connectivity index (χ2n) is 8.22. The Morgan fingerprint density at radius 2 is 1.74 bits per heavy atom. The van der Waals surface area contributed by atoms with Crippen LogP contribution in [0.2, 0.25) is 0 Å². The van der Waals surface area contributed by atoms with E-state index >= 15 is 0 Å². The predicted octanol–water partition coefficient (Wildman–Crippen LogP) is 0.731. The number of nitrogens with one attached hydrogen (secondary N) is 2. The van der Waals surface area contributed by atoms with Crippen molar-refractivity contribution in [2.45, 2.75) is 64.0 Å². The average molecular weight is 380 g/mol. The molecule has 2 heterocycles. The molecular formula is C19H33N5O3. The maximum absolute atomic E-state index is 12.9. The summed E-state index contributed by atoms with van der Waals surface area (Å²) < 4.78 is 0. The lowest BCUT2D eigenvalue weighted by atomic mass is 9.82. The van der Waals surface area contributed by atoms with Gasteiger partial charge in [0.2, 0.25) is 5.91 Å². The maximum atomic E-state index is 12.9. The van der Waals surface area contributed by atoms with E-state index in [0.29, 0.717) is 13.2 Å². The first-order valence-electron chi connectivity index (χ1n) is 10.3. The molecule has 1 unspecified atom stereocenters. The van der Waals surface area contributed by atoms with Gasteiger partial charge in [-0.25, -0.2) is 9.69 Å². The summed E-state index contributed by atoms with van der Waals surface area (Å²) in [5, 5.41) is 5.96. The molecule has 2 saturated heterocycles. The van der Waals surface area contributed by atoms with E-state index in [1.165, 1.54) is 4.90 Å². The molecule has 0 aromatic rings. The molecule has 2 aliphatic heterocycles. The number of piperazine rings is 1. The van der Waals surface area contributed by atoms with Crippen LogP contribution in [0, 0.1) is 0 Å². The van der Waals surface area contributed by atoms with E-state index < -0.39 is 5.54 Å². The molecular weight excluding hydrogens is 346 g/mol. The van der Waals surface area contributed by atoms with E-state index in [4.69, 9.17) is 0 Å². The topological polar surface area (TPSA) is 85.0 Å². The molecule has 152 valence electrons. The minimum atomic E-state index is -0.648. The second kappa shape index (κ2) is 8.56. The van der Waals surface area contributed by atoms with Crippen LogP contribution in [0.3, 0.4) is 0 Å². The van der Waals surface area contributed by atoms with Crippen molar-refractivity contribution in [3.05, 3.63) is 0 Å². The molecule has 4 amide bonds. The molecule has 0 aromatic carbocycles. The number of nitrogens with zero attached hydrogens (tertiary/aromatic N) is 3. The number of rotatable bonds is 6. The Hall–Kier alpha value is -1.67. The van der Waals surface area contributed by atoms with Crippen molar-refractivity contribution in [3.63, 3.8) is 0 Å². The molecule has 3 aliphatic rings. The molecule has 8 nitrogen and oxygen atoms in total. The van der Waals surface area contributed by atoms with Gasteiger partial charge in [-0.05, 0) is 26.2 Å². The van der Waals surface area contributed by atoms with E-state index in [0.717, 1.165) is 64.7 Å². The third-order valence-corrected chi connectivity index (χ3v) is 6.15. The summed E-state index contributed by atoms with van der Waals surface area (Å²) in [4.78, 5) is 42.9. The quantitative estimate of drug-likeness (QED) is 0.665. The maximum Gasteiger partial charge on any atom is 0.326 e. The van der Waals surface area contributed by atoms with Gasteiger partial charge in [-0.1, -0.05) is 26.2 Å². The lowest BCUT2D eigenvalue weighted by molar-refractivity contribution is -0.134. The highest BCUT2D eigenvalue weighted by molar-refractivity contribution is 6.07. The molecule has 27 heavy (non-hydrogen) atoms. The monoisotopic (exact) mass is 379 g/mol. The first kappa shape index (κ1) is 20.1. The number of imide groups is 1. The Morgan fingerprint density at radius 1 is 1.11 bits per heavy atom. The second-order valence-corrected chi connectivity index (χ2v) is 8.22. The van der Waals surface area contributed by atoms with Crippen molar-refractivity contribution in [3.8, 4) is 0 Å². The highest BCUT2D eigenvalue weighted by Gasteiger charge is 2.51. The third-order valence-electron chi connectivity index (χ3n) is 6.15. The molecule has 1 atom stereocenters. The fourth-order valence-corrected chi connectivity index (χ4v) is 4.21. The number of amides is 4. The molecule has 1 aliphatic carbocycles. The van der Waals surface area contributed by atoms with Crippen molar-refractivity contribution < 1.29 is 14.4 Å². The average Bonchev–Trinajstić information content (AvgIpc) is 2.87. The Morgan fingerprint density at radius 3 is 2.37 bits per heavy atom. The Balaban J connectivity index is 1.46. The highest BCUT2D eigenvalue weighted by Crippen LogP contribution is 2.33. The summed E-state index contributed by atoms with van der Waals surface area (Å²) in [7, 11) is 0. The SMILES string of the molecule is CCC(C)NC(=O)CN1CCN(CN2C(=O)NC3(CCCCC3)C2=O)CC1. The Bertz CT molecular complexity index is 568. The molecule has 1 spiro atoms. The molecule has 0 bridgehead atoms. The van der Waals surface area contributed by atoms with Gasteiger partial charge in [0, 0.05) is 32.2 Å². The van der Waals surface area contributed by atoms with Gasteiger partial charge in [-0.3, -0.25) is 19.4 Å². The van der Waals surface area contributed by atoms with Crippen LogP contribution in [-0.4, -0.2) is 83.5 Å². The highest BCUT2D eigenvalue weighted by atomic mass is 16.2. The summed E-state index contributed by atoms with van der Waals surface area (Å²) >= 11 is 0. The zero-order chi connectivity index (χ0) is 19.4. The number of urea groups is 1. The molecule has 0 radical (unpaired) electrons. The number of carbonyl (C=O) groups is 3. The van der Waals surface area contributed by atoms with Crippen molar-refractivity contribution in [2.24, 2.45) is 0 Å². The van der Waals surface area contributed by atoms with Gasteiger partial charge in [-0.15, -0.1) is 0 Å². The molecule has 1 saturated carbocycles. The molecule has 3 rings (SSSR count). The van der Waals surface area contributed by atoms with Gasteiger partial charge >= 0.3 is 6.03 Å². The first-order chi connectivity index (χ1) is 12.9. The molecule has 0 aromatic heterocycles. The van der Waals surface area contributed by atoms with E-state index in [1.54, 1.807) is 0 Å². The van der Waals surface area contributed by atoms with E-state index in [2.05, 4.69) is 27.4 Å². The van der Waals surface area contributed by atoms with Gasteiger partial charge in [0.1, 0.15) is 5.54 Å². The first-order valence-corrected chi connectivity index (χ1v) is 10.3. The van der Waals surface area contributed by atoms with Crippen molar-refractivity contribution >= 4 is 17.8 Å². The van der Waals surface area contributed by atoms with Crippen LogP contribution in [0.5, 0.6) is 0 Å². The van der Waals surface area contributed by atoms with E-state index in [-0.39, 0.29) is 23.9 Å². The zero-order valence-electron chi connectivity index (χ0n) is 16.6. The van der Waals surface area contributed by atoms with Gasteiger partial charge in [0.25, 0.3) is 5.91 Å². The Labute approximate surface area is 161 Å². The van der Waals surface area contributed by atoms with Crippen molar-refractivity contribution in [1.82, 2.24) is 25.3 Å². The van der Waals surface area contributed by atoms with Crippen LogP contribution < -0.4 is 10.6 Å². The molecule has 8 heteroatoms. The van der Waals surface area contributed by atoms with Crippen LogP contribution in [-0.2, 0) is 9.59 Å². The van der Waals surface area contributed by atoms with E-state index in [9.17, 15) is 14.4 Å². The minimum Gasteiger partial charge on any atom is -0.353 e. The number of carbonyl (C=O) groups excluding carboxylic acids is 3. The van der Waals surface area contributed by atoms with Crippen LogP contribution >= 0.6 is 0 Å². The van der Waals surface area contributed by atoms with Crippen LogP contribution in [0.1, 0.15) is 52.4 Å². The smallest absolute Gasteiger partial charge is 0.326 e. The number of hydrogen-bond donors (Lipinski definition) is 2. The van der Waals surface area contributed by atoms with Crippen LogP contribution in [0.25, 0.3) is 0 Å². The van der Waals surface area contributed by atoms with Gasteiger partial charge in [0.05, 0.1) is 13.2 Å². The molecule has 3 fully saturated rings. The van der Waals surface area contributed by atoms with Crippen molar-refractivity contribution in [1.29, 1.82) is 0 Å². The van der Waals surface area contributed by atoms with Crippen LogP contribution in [0.4, 0.5) is 4.79 Å². The van der Waals surface area contributed by atoms with Crippen molar-refractivity contribution in [2.75, 3.05) is 39.4 Å². The zero-order valence-corrected chi connectivity index (χ0v) is 16.6. The Kier molecular flexibility index (Phi) is 6.37. The summed E-state index contributed by atoms with van der Waals surface area (Å²) in [6.07, 6.45) is 5.57. The fourth-order valence-electron chi connectivity index (χ4n) is 4.21. The summed E-state index contributed by atoms with van der Waals surface area (Å²) in [6.45, 7) is 7.85. The normalized spacial score (nSPS) is 24.9. The number of hydrogen-bond acceptors (Lipinski definition) is 5. The largest absolute Gasteiger partial charge is 0.353 e. The van der Waals surface area contributed by atoms with Gasteiger partial charge in [0.15, 0.2) is 0 Å². The third kappa shape index (κ3) is 4.60. The van der Waals surface area contributed by atoms with Gasteiger partial charge in [-0.2, -0.15) is 0 Å². The fraction of sp³-hybridized carbons (Fsp3) is 0.842. The molecule has 2 N–H and O–H groups in total. The lowest BCUT2D eigenvalue weighted by Gasteiger charge is -2.36. The standard InChI is InChI=1S/C19H33N5O3/c1-3-15(2)20-16(25)13-22-9-11-23(12-10-22)14-24-17(26)19(21-18(24)27)7-5-4-6-8-19/h15H,3-14H2,1-2H3,(H,20,25)(H,21,27). The van der Waals surface area contributed by atoms with E-state index in [1.807, 2.05) is 6.92 Å².